The van der Waals surface area contributed by atoms with Gasteiger partial charge in [-0.05, 0) is 63.6 Å². The number of likely N-dealkylation sites (tertiary alicyclic amines) is 1. The summed E-state index contributed by atoms with van der Waals surface area (Å²) in [6.45, 7) is 16.8. The molecular weight excluding hydrogens is 220 g/mol. The topological polar surface area (TPSA) is 15.3 Å². The first-order valence-corrected chi connectivity index (χ1v) is 7.90. The largest absolute Gasteiger partial charge is 0.317 e. The molecular formula is C16H34N2. The predicted molar refractivity (Wildman–Crippen MR) is 81.0 cm³/mol. The summed E-state index contributed by atoms with van der Waals surface area (Å²) in [6, 6.07) is 0.765. The van der Waals surface area contributed by atoms with E-state index < -0.39 is 0 Å². The molecule has 2 unspecified atom stereocenters. The molecule has 1 saturated heterocycles. The van der Waals surface area contributed by atoms with Gasteiger partial charge in [-0.1, -0.05) is 27.7 Å². The summed E-state index contributed by atoms with van der Waals surface area (Å²) in [6.07, 6.45) is 5.29. The van der Waals surface area contributed by atoms with E-state index in [1.54, 1.807) is 0 Å². The average Bonchev–Trinajstić information content (AvgIpc) is 2.77. The van der Waals surface area contributed by atoms with Crippen molar-refractivity contribution in [2.75, 3.05) is 26.2 Å². The molecule has 1 aliphatic rings. The zero-order valence-corrected chi connectivity index (χ0v) is 13.3. The van der Waals surface area contributed by atoms with E-state index in [-0.39, 0.29) is 0 Å². The fourth-order valence-corrected chi connectivity index (χ4v) is 2.90. The number of rotatable bonds is 7. The lowest BCUT2D eigenvalue weighted by atomic mass is 9.80. The molecule has 0 saturated carbocycles. The molecule has 1 fully saturated rings. The predicted octanol–water partition coefficient (Wildman–Crippen LogP) is 3.52. The van der Waals surface area contributed by atoms with Gasteiger partial charge in [-0.3, -0.25) is 0 Å². The minimum Gasteiger partial charge on any atom is -0.317 e. The summed E-state index contributed by atoms with van der Waals surface area (Å²) in [7, 11) is 0. The second-order valence-electron chi connectivity index (χ2n) is 7.09. The Kier molecular flexibility index (Phi) is 6.65. The zero-order chi connectivity index (χ0) is 13.6. The number of nitrogens with zero attached hydrogens (tertiary/aromatic N) is 1. The Morgan fingerprint density at radius 3 is 2.56 bits per heavy atom. The molecule has 0 bridgehead atoms. The summed E-state index contributed by atoms with van der Waals surface area (Å²) < 4.78 is 0. The molecule has 0 aromatic heterocycles. The molecule has 1 rings (SSSR count). The average molecular weight is 254 g/mol. The normalized spacial score (nSPS) is 23.5. The minimum atomic E-state index is 0.483. The van der Waals surface area contributed by atoms with Crippen molar-refractivity contribution in [3.05, 3.63) is 0 Å². The third-order valence-electron chi connectivity index (χ3n) is 4.47. The molecule has 1 aliphatic heterocycles. The maximum atomic E-state index is 3.50. The van der Waals surface area contributed by atoms with E-state index in [4.69, 9.17) is 0 Å². The van der Waals surface area contributed by atoms with E-state index in [9.17, 15) is 0 Å². The standard InChI is InChI=1S/C16H34N2/c1-6-10-17-11-7-8-14(2)18-12-9-15(13-18)16(3,4)5/h14-15,17H,6-13H2,1-5H3. The molecule has 108 valence electrons. The fraction of sp³-hybridized carbons (Fsp3) is 1.00. The lowest BCUT2D eigenvalue weighted by Crippen LogP contribution is -2.33. The Balaban J connectivity index is 2.17. The van der Waals surface area contributed by atoms with Crippen LogP contribution in [0, 0.1) is 11.3 Å². The molecule has 2 nitrogen and oxygen atoms in total. The molecule has 2 heteroatoms. The summed E-state index contributed by atoms with van der Waals surface area (Å²) in [4.78, 5) is 2.70. The molecule has 0 radical (unpaired) electrons. The molecule has 0 aromatic rings. The minimum absolute atomic E-state index is 0.483. The maximum absolute atomic E-state index is 3.50. The van der Waals surface area contributed by atoms with Crippen molar-refractivity contribution >= 4 is 0 Å². The third-order valence-corrected chi connectivity index (χ3v) is 4.47. The van der Waals surface area contributed by atoms with Crippen LogP contribution >= 0.6 is 0 Å². The maximum Gasteiger partial charge on any atom is 0.00675 e. The van der Waals surface area contributed by atoms with Gasteiger partial charge in [-0.25, -0.2) is 0 Å². The van der Waals surface area contributed by atoms with Gasteiger partial charge >= 0.3 is 0 Å². The monoisotopic (exact) mass is 254 g/mol. The van der Waals surface area contributed by atoms with E-state index in [2.05, 4.69) is 44.8 Å². The smallest absolute Gasteiger partial charge is 0.00675 e. The van der Waals surface area contributed by atoms with Gasteiger partial charge in [0.05, 0.1) is 0 Å². The van der Waals surface area contributed by atoms with Crippen molar-refractivity contribution in [2.24, 2.45) is 11.3 Å². The van der Waals surface area contributed by atoms with E-state index in [1.807, 2.05) is 0 Å². The lowest BCUT2D eigenvalue weighted by Gasteiger charge is -2.29. The molecule has 0 spiro atoms. The number of hydrogen-bond acceptors (Lipinski definition) is 2. The Hall–Kier alpha value is -0.0800. The summed E-state index contributed by atoms with van der Waals surface area (Å²) in [5.41, 5.74) is 0.483. The fourth-order valence-electron chi connectivity index (χ4n) is 2.90. The van der Waals surface area contributed by atoms with Crippen molar-refractivity contribution in [3.8, 4) is 0 Å². The first-order chi connectivity index (χ1) is 8.45. The van der Waals surface area contributed by atoms with Gasteiger partial charge in [-0.2, -0.15) is 0 Å². The number of nitrogens with one attached hydrogen (secondary N) is 1. The van der Waals surface area contributed by atoms with Crippen molar-refractivity contribution in [3.63, 3.8) is 0 Å². The van der Waals surface area contributed by atoms with Crippen LogP contribution < -0.4 is 5.32 Å². The van der Waals surface area contributed by atoms with Gasteiger partial charge in [0.2, 0.25) is 0 Å². The van der Waals surface area contributed by atoms with Crippen LogP contribution in [-0.2, 0) is 0 Å². The quantitative estimate of drug-likeness (QED) is 0.699. The van der Waals surface area contributed by atoms with Crippen LogP contribution in [0.5, 0.6) is 0 Å². The van der Waals surface area contributed by atoms with E-state index >= 15 is 0 Å². The lowest BCUT2D eigenvalue weighted by molar-refractivity contribution is 0.195. The van der Waals surface area contributed by atoms with E-state index in [0.29, 0.717) is 5.41 Å². The van der Waals surface area contributed by atoms with Gasteiger partial charge in [0.1, 0.15) is 0 Å². The van der Waals surface area contributed by atoms with Gasteiger partial charge in [0, 0.05) is 12.6 Å². The van der Waals surface area contributed by atoms with Crippen LogP contribution in [0.3, 0.4) is 0 Å². The Bertz CT molecular complexity index is 220. The second-order valence-corrected chi connectivity index (χ2v) is 7.09. The number of hydrogen-bond donors (Lipinski definition) is 1. The van der Waals surface area contributed by atoms with Gasteiger partial charge in [0.15, 0.2) is 0 Å². The van der Waals surface area contributed by atoms with Crippen LogP contribution in [0.2, 0.25) is 0 Å². The summed E-state index contributed by atoms with van der Waals surface area (Å²) in [5, 5.41) is 3.50. The van der Waals surface area contributed by atoms with Gasteiger partial charge < -0.3 is 10.2 Å². The first-order valence-electron chi connectivity index (χ1n) is 7.90. The molecule has 1 N–H and O–H groups in total. The van der Waals surface area contributed by atoms with E-state index in [0.717, 1.165) is 12.0 Å². The third kappa shape index (κ3) is 5.27. The van der Waals surface area contributed by atoms with E-state index in [1.165, 1.54) is 51.9 Å². The molecule has 0 amide bonds. The van der Waals surface area contributed by atoms with Crippen LogP contribution in [0.4, 0.5) is 0 Å². The Morgan fingerprint density at radius 1 is 1.28 bits per heavy atom. The summed E-state index contributed by atoms with van der Waals surface area (Å²) in [5.74, 6) is 0.887. The van der Waals surface area contributed by atoms with Crippen LogP contribution in [0.15, 0.2) is 0 Å². The highest BCUT2D eigenvalue weighted by Gasteiger charge is 2.33. The molecule has 18 heavy (non-hydrogen) atoms. The highest BCUT2D eigenvalue weighted by Crippen LogP contribution is 2.34. The molecule has 0 aliphatic carbocycles. The van der Waals surface area contributed by atoms with Crippen molar-refractivity contribution in [1.29, 1.82) is 0 Å². The van der Waals surface area contributed by atoms with Gasteiger partial charge in [-0.15, -0.1) is 0 Å². The van der Waals surface area contributed by atoms with Gasteiger partial charge in [0.25, 0.3) is 0 Å². The zero-order valence-electron chi connectivity index (χ0n) is 13.3. The first kappa shape index (κ1) is 16.0. The Morgan fingerprint density at radius 2 is 2.00 bits per heavy atom. The van der Waals surface area contributed by atoms with Crippen molar-refractivity contribution in [2.45, 2.75) is 66.3 Å². The van der Waals surface area contributed by atoms with Crippen molar-refractivity contribution in [1.82, 2.24) is 10.2 Å². The van der Waals surface area contributed by atoms with Crippen LogP contribution in [0.25, 0.3) is 0 Å². The highest BCUT2D eigenvalue weighted by atomic mass is 15.2. The second kappa shape index (κ2) is 7.49. The van der Waals surface area contributed by atoms with Crippen LogP contribution in [0.1, 0.15) is 60.3 Å². The van der Waals surface area contributed by atoms with Crippen molar-refractivity contribution < 1.29 is 0 Å². The molecule has 0 aromatic carbocycles. The Labute approximate surface area is 115 Å². The molecule has 1 heterocycles. The summed E-state index contributed by atoms with van der Waals surface area (Å²) >= 11 is 0. The molecule has 2 atom stereocenters. The highest BCUT2D eigenvalue weighted by molar-refractivity contribution is 4.86. The van der Waals surface area contributed by atoms with Crippen LogP contribution in [-0.4, -0.2) is 37.1 Å². The SMILES string of the molecule is CCCNCCCC(C)N1CCC(C(C)(C)C)C1.